The van der Waals surface area contributed by atoms with Gasteiger partial charge >= 0.3 is 106 Å². The summed E-state index contributed by atoms with van der Waals surface area (Å²) < 4.78 is 5.23. The van der Waals surface area contributed by atoms with Gasteiger partial charge in [0.05, 0.1) is 0 Å². The van der Waals surface area contributed by atoms with Crippen molar-refractivity contribution in [1.82, 2.24) is 9.97 Å². The molecule has 3 aromatic rings. The van der Waals surface area contributed by atoms with Gasteiger partial charge in [-0.2, -0.15) is 0 Å². The molecule has 0 saturated carbocycles. The molecule has 2 heterocycles. The molecule has 0 spiro atoms. The molecule has 1 N–H and O–H groups in total. The number of nitrogens with zero attached hydrogens (tertiary/aromatic N) is 1. The molecule has 0 radical (unpaired) electrons. The molecular weight excluding hydrogens is 279 g/mol. The normalized spacial score (nSPS) is 10.9. The number of pyridine rings is 1. The number of aromatic nitrogens is 2. The molecule has 2 aromatic heterocycles. The molecule has 0 aliphatic carbocycles. The molecule has 17 heavy (non-hydrogen) atoms. The number of aromatic amines is 1. The summed E-state index contributed by atoms with van der Waals surface area (Å²) in [6.07, 6.45) is 1.82. The topological polar surface area (TPSA) is 37.9 Å². The van der Waals surface area contributed by atoms with Crippen LogP contribution in [0.25, 0.3) is 21.8 Å². The second kappa shape index (κ2) is 3.99. The third-order valence-electron chi connectivity index (χ3n) is 2.87. The Hall–Kier alpha value is -1.64. The molecule has 0 aliphatic rings. The molecule has 0 atom stereocenters. The fourth-order valence-corrected chi connectivity index (χ4v) is 2.42. The summed E-state index contributed by atoms with van der Waals surface area (Å²) in [6.45, 7) is 0. The van der Waals surface area contributed by atoms with Crippen molar-refractivity contribution in [1.29, 1.82) is 0 Å². The Morgan fingerprint density at radius 1 is 1.29 bits per heavy atom. The van der Waals surface area contributed by atoms with Gasteiger partial charge in [-0.15, -0.1) is 0 Å². The van der Waals surface area contributed by atoms with Crippen LogP contribution in [-0.4, -0.2) is 37.6 Å². The van der Waals surface area contributed by atoms with Crippen LogP contribution in [0.15, 0.2) is 30.5 Å². The number of hydrogen-bond acceptors (Lipinski definition) is 2. The first kappa shape index (κ1) is 10.5. The van der Waals surface area contributed by atoms with E-state index in [4.69, 9.17) is 4.74 Å². The molecule has 0 unspecified atom stereocenters. The van der Waals surface area contributed by atoms with E-state index >= 15 is 0 Å². The number of rotatable bonds is 2. The maximum atomic E-state index is 5.23. The van der Waals surface area contributed by atoms with Crippen molar-refractivity contribution >= 4 is 42.3 Å². The van der Waals surface area contributed by atoms with Gasteiger partial charge in [-0.1, -0.05) is 0 Å². The summed E-state index contributed by atoms with van der Waals surface area (Å²) in [7, 11) is 1.67. The summed E-state index contributed by atoms with van der Waals surface area (Å²) >= 11 is 2.89. The monoisotopic (exact) mass is 290 g/mol. The van der Waals surface area contributed by atoms with E-state index in [0.29, 0.717) is 0 Å². The van der Waals surface area contributed by atoms with E-state index in [-0.39, 0.29) is 0 Å². The Balaban J connectivity index is 2.44. The van der Waals surface area contributed by atoms with E-state index in [9.17, 15) is 0 Å². The summed E-state index contributed by atoms with van der Waals surface area (Å²) in [5.74, 6) is 0.852. The average Bonchev–Trinajstić information content (AvgIpc) is 2.75. The number of nitrogens with one attached hydrogen (secondary N) is 1. The van der Waals surface area contributed by atoms with Crippen LogP contribution in [0.1, 0.15) is 5.69 Å². The van der Waals surface area contributed by atoms with Gasteiger partial charge in [0.1, 0.15) is 0 Å². The SMILES string of the molecule is COc1ccc2c(c1)[nH]c1c(C=[Se])nccc12. The molecule has 3 rings (SSSR count). The second-order valence-corrected chi connectivity index (χ2v) is 4.27. The standard InChI is InChI=1S/C13H10N2OSe/c1-16-8-2-3-9-10-4-5-14-12(7-17)13(10)15-11(9)6-8/h2-7,15H,1H3. The van der Waals surface area contributed by atoms with Gasteiger partial charge in [0, 0.05) is 0 Å². The first-order chi connectivity index (χ1) is 8.33. The van der Waals surface area contributed by atoms with Crippen LogP contribution >= 0.6 is 0 Å². The molecule has 0 aliphatic heterocycles. The predicted octanol–water partition coefficient (Wildman–Crippen LogP) is 2.04. The summed E-state index contributed by atoms with van der Waals surface area (Å²) in [5.41, 5.74) is 3.04. The summed E-state index contributed by atoms with van der Waals surface area (Å²) in [4.78, 5) is 9.58. The van der Waals surface area contributed by atoms with Crippen LogP contribution in [0.4, 0.5) is 0 Å². The zero-order valence-corrected chi connectivity index (χ0v) is 10.9. The Morgan fingerprint density at radius 2 is 2.18 bits per heavy atom. The fraction of sp³-hybridized carbons (Fsp3) is 0.0769. The number of H-pyrrole nitrogens is 1. The van der Waals surface area contributed by atoms with Crippen LogP contribution < -0.4 is 4.74 Å². The molecule has 0 bridgehead atoms. The van der Waals surface area contributed by atoms with E-state index in [1.165, 1.54) is 10.8 Å². The maximum absolute atomic E-state index is 5.23. The molecule has 4 heteroatoms. The zero-order valence-electron chi connectivity index (χ0n) is 9.23. The minimum absolute atomic E-state index is 0.852. The third-order valence-corrected chi connectivity index (χ3v) is 3.34. The van der Waals surface area contributed by atoms with Crippen LogP contribution in [-0.2, 0) is 0 Å². The van der Waals surface area contributed by atoms with Gasteiger partial charge in [0.2, 0.25) is 0 Å². The number of benzene rings is 1. The first-order valence-corrected chi connectivity index (χ1v) is 6.22. The molecule has 1 aromatic carbocycles. The van der Waals surface area contributed by atoms with Gasteiger partial charge in [-0.25, -0.2) is 0 Å². The van der Waals surface area contributed by atoms with Gasteiger partial charge in [-0.05, 0) is 0 Å². The van der Waals surface area contributed by atoms with Crippen molar-refractivity contribution < 1.29 is 4.74 Å². The van der Waals surface area contributed by atoms with Crippen molar-refractivity contribution in [3.8, 4) is 5.75 Å². The van der Waals surface area contributed by atoms with E-state index in [1.54, 1.807) is 7.11 Å². The van der Waals surface area contributed by atoms with Crippen molar-refractivity contribution in [2.75, 3.05) is 7.11 Å². The Morgan fingerprint density at radius 3 is 2.94 bits per heavy atom. The second-order valence-electron chi connectivity index (χ2n) is 3.77. The van der Waals surface area contributed by atoms with Crippen molar-refractivity contribution in [2.24, 2.45) is 0 Å². The number of methoxy groups -OCH3 is 1. The molecule has 84 valence electrons. The van der Waals surface area contributed by atoms with Gasteiger partial charge < -0.3 is 0 Å². The van der Waals surface area contributed by atoms with E-state index in [0.717, 1.165) is 22.5 Å². The van der Waals surface area contributed by atoms with Crippen molar-refractivity contribution in [3.05, 3.63) is 36.2 Å². The van der Waals surface area contributed by atoms with Crippen LogP contribution in [0, 0.1) is 0 Å². The Kier molecular flexibility index (Phi) is 2.46. The Bertz CT molecular complexity index is 718. The Labute approximate surface area is 106 Å². The van der Waals surface area contributed by atoms with Crippen LogP contribution in [0.3, 0.4) is 0 Å². The molecule has 0 amide bonds. The third kappa shape index (κ3) is 1.57. The molecule has 0 saturated heterocycles. The number of ether oxygens (including phenoxy) is 1. The molecule has 3 nitrogen and oxygen atoms in total. The minimum atomic E-state index is 0.852. The van der Waals surface area contributed by atoms with E-state index in [1.807, 2.05) is 29.3 Å². The quantitative estimate of drug-likeness (QED) is 0.733. The van der Waals surface area contributed by atoms with Crippen molar-refractivity contribution in [3.63, 3.8) is 0 Å². The van der Waals surface area contributed by atoms with Gasteiger partial charge in [0.15, 0.2) is 0 Å². The summed E-state index contributed by atoms with van der Waals surface area (Å²) in [5, 5.41) is 2.37. The van der Waals surface area contributed by atoms with Crippen molar-refractivity contribution in [2.45, 2.75) is 0 Å². The number of fused-ring (bicyclic) bond motifs is 3. The number of hydrogen-bond donors (Lipinski definition) is 1. The van der Waals surface area contributed by atoms with Gasteiger partial charge in [-0.3, -0.25) is 0 Å². The summed E-state index contributed by atoms with van der Waals surface area (Å²) in [6, 6.07) is 8.06. The zero-order chi connectivity index (χ0) is 11.8. The predicted molar refractivity (Wildman–Crippen MR) is 71.1 cm³/mol. The van der Waals surface area contributed by atoms with E-state index < -0.39 is 0 Å². The first-order valence-electron chi connectivity index (χ1n) is 5.23. The van der Waals surface area contributed by atoms with E-state index in [2.05, 4.69) is 31.6 Å². The average molecular weight is 289 g/mol. The van der Waals surface area contributed by atoms with Crippen LogP contribution in [0.5, 0.6) is 5.75 Å². The van der Waals surface area contributed by atoms with Crippen LogP contribution in [0.2, 0.25) is 0 Å². The molecule has 0 fully saturated rings. The van der Waals surface area contributed by atoms with Gasteiger partial charge in [0.25, 0.3) is 0 Å². The fourth-order valence-electron chi connectivity index (χ4n) is 2.05. The molecular formula is C13H10N2OSe.